The average Bonchev–Trinajstić information content (AvgIpc) is 3.16. The third kappa shape index (κ3) is 2.36. The molecule has 1 aliphatic heterocycles. The Morgan fingerprint density at radius 3 is 2.76 bits per heavy atom. The third-order valence-corrected chi connectivity index (χ3v) is 4.04. The van der Waals surface area contributed by atoms with Crippen molar-refractivity contribution in [3.05, 3.63) is 77.7 Å². The normalized spacial score (nSPS) is 13.3. The lowest BCUT2D eigenvalue weighted by Crippen LogP contribution is -2.01. The van der Waals surface area contributed by atoms with E-state index >= 15 is 0 Å². The molecule has 1 N–H and O–H groups in total. The lowest BCUT2D eigenvalue weighted by atomic mass is 10.1. The van der Waals surface area contributed by atoms with Gasteiger partial charge in [-0.05, 0) is 22.3 Å². The molecule has 1 aliphatic rings. The third-order valence-electron chi connectivity index (χ3n) is 4.04. The zero-order valence-electron chi connectivity index (χ0n) is 11.8. The summed E-state index contributed by atoms with van der Waals surface area (Å²) in [4.78, 5) is 4.32. The molecule has 0 atom stereocenters. The van der Waals surface area contributed by atoms with Crippen LogP contribution in [0, 0.1) is 0 Å². The Bertz CT molecular complexity index is 759. The van der Waals surface area contributed by atoms with Crippen molar-refractivity contribution in [2.45, 2.75) is 19.6 Å². The van der Waals surface area contributed by atoms with E-state index in [0.29, 0.717) is 0 Å². The van der Waals surface area contributed by atoms with Gasteiger partial charge in [0, 0.05) is 19.6 Å². The number of benzene rings is 2. The molecule has 2 heterocycles. The van der Waals surface area contributed by atoms with E-state index in [1.54, 1.807) is 0 Å². The maximum absolute atomic E-state index is 4.32. The average molecular weight is 275 g/mol. The van der Waals surface area contributed by atoms with Crippen LogP contribution in [0.4, 0.5) is 0 Å². The molecule has 21 heavy (non-hydrogen) atoms. The Morgan fingerprint density at radius 2 is 1.86 bits per heavy atom. The first kappa shape index (κ1) is 12.4. The largest absolute Gasteiger partial charge is 0.326 e. The summed E-state index contributed by atoms with van der Waals surface area (Å²) in [5, 5.41) is 3.39. The van der Waals surface area contributed by atoms with Crippen LogP contribution < -0.4 is 5.32 Å². The van der Waals surface area contributed by atoms with E-state index in [1.165, 1.54) is 22.3 Å². The number of hydrogen-bond acceptors (Lipinski definition) is 2. The summed E-state index contributed by atoms with van der Waals surface area (Å²) in [7, 11) is 0. The maximum atomic E-state index is 4.32. The van der Waals surface area contributed by atoms with Gasteiger partial charge in [0.2, 0.25) is 0 Å². The van der Waals surface area contributed by atoms with Gasteiger partial charge in [0.15, 0.2) is 0 Å². The Balaban J connectivity index is 1.65. The van der Waals surface area contributed by atoms with Crippen LogP contribution in [0.2, 0.25) is 0 Å². The standard InChI is InChI=1S/C18H17N3/c1-2-4-15(5-3-1)18-11-20-13-21(18)12-14-6-7-16-9-19-10-17(16)8-14/h1-8,11,13,19H,9-10,12H2. The molecule has 0 spiro atoms. The Labute approximate surface area is 124 Å². The van der Waals surface area contributed by atoms with Gasteiger partial charge in [-0.3, -0.25) is 0 Å². The summed E-state index contributed by atoms with van der Waals surface area (Å²) in [6.07, 6.45) is 3.85. The highest BCUT2D eigenvalue weighted by atomic mass is 15.0. The van der Waals surface area contributed by atoms with E-state index < -0.39 is 0 Å². The van der Waals surface area contributed by atoms with E-state index in [-0.39, 0.29) is 0 Å². The molecule has 3 nitrogen and oxygen atoms in total. The predicted octanol–water partition coefficient (Wildman–Crippen LogP) is 3.20. The van der Waals surface area contributed by atoms with Crippen LogP contribution in [0.1, 0.15) is 16.7 Å². The van der Waals surface area contributed by atoms with Gasteiger partial charge in [-0.15, -0.1) is 0 Å². The first-order valence-corrected chi connectivity index (χ1v) is 7.27. The Morgan fingerprint density at radius 1 is 1.00 bits per heavy atom. The fraction of sp³-hybridized carbons (Fsp3) is 0.167. The molecule has 0 amide bonds. The number of rotatable bonds is 3. The highest BCUT2D eigenvalue weighted by molar-refractivity contribution is 5.58. The second-order valence-electron chi connectivity index (χ2n) is 5.48. The molecule has 0 saturated heterocycles. The monoisotopic (exact) mass is 275 g/mol. The summed E-state index contributed by atoms with van der Waals surface area (Å²) in [6, 6.07) is 17.2. The fourth-order valence-electron chi connectivity index (χ4n) is 2.94. The van der Waals surface area contributed by atoms with Crippen LogP contribution in [0.15, 0.2) is 61.1 Å². The van der Waals surface area contributed by atoms with Gasteiger partial charge in [0.05, 0.1) is 18.2 Å². The van der Waals surface area contributed by atoms with Gasteiger partial charge in [0.1, 0.15) is 0 Å². The molecule has 1 aromatic heterocycles. The van der Waals surface area contributed by atoms with Crippen LogP contribution in [0.5, 0.6) is 0 Å². The SMILES string of the molecule is c1ccc(-c2cncn2Cc2ccc3c(c2)CNC3)cc1. The Hall–Kier alpha value is -2.39. The summed E-state index contributed by atoms with van der Waals surface area (Å²) in [5.74, 6) is 0. The number of nitrogens with zero attached hydrogens (tertiary/aromatic N) is 2. The van der Waals surface area contributed by atoms with Gasteiger partial charge in [-0.1, -0.05) is 48.5 Å². The minimum Gasteiger partial charge on any atom is -0.326 e. The molecule has 0 radical (unpaired) electrons. The molecule has 0 aliphatic carbocycles. The lowest BCUT2D eigenvalue weighted by Gasteiger charge is -2.09. The molecule has 2 aromatic carbocycles. The van der Waals surface area contributed by atoms with E-state index in [2.05, 4.69) is 57.3 Å². The highest BCUT2D eigenvalue weighted by Gasteiger charge is 2.11. The first-order chi connectivity index (χ1) is 10.4. The summed E-state index contributed by atoms with van der Waals surface area (Å²) < 4.78 is 2.21. The van der Waals surface area contributed by atoms with E-state index in [1.807, 2.05) is 18.6 Å². The minimum absolute atomic E-state index is 0.859. The molecular formula is C18H17N3. The molecule has 104 valence electrons. The number of fused-ring (bicyclic) bond motifs is 1. The van der Waals surface area contributed by atoms with Crippen molar-refractivity contribution in [1.82, 2.24) is 14.9 Å². The molecule has 0 fully saturated rings. The quantitative estimate of drug-likeness (QED) is 0.795. The van der Waals surface area contributed by atoms with E-state index in [0.717, 1.165) is 25.3 Å². The van der Waals surface area contributed by atoms with Crippen molar-refractivity contribution in [2.24, 2.45) is 0 Å². The first-order valence-electron chi connectivity index (χ1n) is 7.27. The number of aromatic nitrogens is 2. The smallest absolute Gasteiger partial charge is 0.0954 e. The van der Waals surface area contributed by atoms with Crippen molar-refractivity contribution in [2.75, 3.05) is 0 Å². The highest BCUT2D eigenvalue weighted by Crippen LogP contribution is 2.21. The molecular weight excluding hydrogens is 258 g/mol. The van der Waals surface area contributed by atoms with Gasteiger partial charge in [0.25, 0.3) is 0 Å². The lowest BCUT2D eigenvalue weighted by molar-refractivity contribution is 0.764. The molecule has 0 unspecified atom stereocenters. The van der Waals surface area contributed by atoms with Gasteiger partial charge >= 0.3 is 0 Å². The van der Waals surface area contributed by atoms with Crippen molar-refractivity contribution in [3.63, 3.8) is 0 Å². The molecule has 0 bridgehead atoms. The van der Waals surface area contributed by atoms with Gasteiger partial charge in [-0.2, -0.15) is 0 Å². The number of imidazole rings is 1. The van der Waals surface area contributed by atoms with Crippen LogP contribution in [0.3, 0.4) is 0 Å². The predicted molar refractivity (Wildman–Crippen MR) is 83.8 cm³/mol. The van der Waals surface area contributed by atoms with Crippen LogP contribution in [0.25, 0.3) is 11.3 Å². The van der Waals surface area contributed by atoms with Crippen molar-refractivity contribution < 1.29 is 0 Å². The second kappa shape index (κ2) is 5.19. The summed E-state index contributed by atoms with van der Waals surface area (Å²) in [6.45, 7) is 2.84. The molecule has 4 rings (SSSR count). The number of hydrogen-bond donors (Lipinski definition) is 1. The van der Waals surface area contributed by atoms with E-state index in [9.17, 15) is 0 Å². The molecule has 3 aromatic rings. The zero-order chi connectivity index (χ0) is 14.1. The topological polar surface area (TPSA) is 29.9 Å². The maximum Gasteiger partial charge on any atom is 0.0954 e. The van der Waals surface area contributed by atoms with Gasteiger partial charge < -0.3 is 9.88 Å². The van der Waals surface area contributed by atoms with Crippen LogP contribution in [-0.2, 0) is 19.6 Å². The van der Waals surface area contributed by atoms with E-state index in [4.69, 9.17) is 0 Å². The molecule has 0 saturated carbocycles. The summed E-state index contributed by atoms with van der Waals surface area (Å²) >= 11 is 0. The van der Waals surface area contributed by atoms with Crippen LogP contribution in [-0.4, -0.2) is 9.55 Å². The Kier molecular flexibility index (Phi) is 3.05. The van der Waals surface area contributed by atoms with Gasteiger partial charge in [-0.25, -0.2) is 4.98 Å². The van der Waals surface area contributed by atoms with Crippen molar-refractivity contribution in [1.29, 1.82) is 0 Å². The summed E-state index contributed by atoms with van der Waals surface area (Å²) in [5.41, 5.74) is 6.54. The minimum atomic E-state index is 0.859. The fourth-order valence-corrected chi connectivity index (χ4v) is 2.94. The molecule has 3 heteroatoms. The number of nitrogens with one attached hydrogen (secondary N) is 1. The van der Waals surface area contributed by atoms with Crippen molar-refractivity contribution >= 4 is 0 Å². The second-order valence-corrected chi connectivity index (χ2v) is 5.48. The zero-order valence-corrected chi connectivity index (χ0v) is 11.8. The van der Waals surface area contributed by atoms with Crippen molar-refractivity contribution in [3.8, 4) is 11.3 Å². The van der Waals surface area contributed by atoms with Crippen LogP contribution >= 0.6 is 0 Å².